The number of likely N-dealkylation sites (tertiary alicyclic amines) is 1. The molecule has 0 aliphatic carbocycles. The minimum absolute atomic E-state index is 0.0383. The van der Waals surface area contributed by atoms with Crippen molar-refractivity contribution < 1.29 is 28.9 Å². The molecule has 40 heavy (non-hydrogen) atoms. The number of carbonyl (C=O) groups excluding carboxylic acids is 1. The van der Waals surface area contributed by atoms with E-state index in [1.165, 1.54) is 0 Å². The number of hydrogen-bond acceptors (Lipinski definition) is 7. The van der Waals surface area contributed by atoms with Crippen LogP contribution in [0, 0.1) is 5.92 Å². The summed E-state index contributed by atoms with van der Waals surface area (Å²) in [6.07, 6.45) is 4.72. The monoisotopic (exact) mass is 551 g/mol. The molecule has 1 saturated heterocycles. The molecule has 1 amide bonds. The number of amides is 1. The Morgan fingerprint density at radius 2 is 1.95 bits per heavy atom. The van der Waals surface area contributed by atoms with Crippen molar-refractivity contribution in [1.82, 2.24) is 9.80 Å². The van der Waals surface area contributed by atoms with Gasteiger partial charge in [0.15, 0.2) is 11.5 Å². The summed E-state index contributed by atoms with van der Waals surface area (Å²) in [7, 11) is 0. The third kappa shape index (κ3) is 6.05. The Kier molecular flexibility index (Phi) is 9.11. The average Bonchev–Trinajstić information content (AvgIpc) is 3.70. The molecular weight excluding hydrogens is 510 g/mol. The summed E-state index contributed by atoms with van der Waals surface area (Å²) in [6.45, 7) is 5.50. The number of ether oxygens (including phenoxy) is 3. The van der Waals surface area contributed by atoms with Gasteiger partial charge in [0.05, 0.1) is 19.1 Å². The molecule has 9 nitrogen and oxygen atoms in total. The number of rotatable bonds is 13. The molecule has 3 N–H and O–H groups in total. The van der Waals surface area contributed by atoms with E-state index < -0.39 is 11.9 Å². The number of hydrogen-bond donors (Lipinski definition) is 2. The van der Waals surface area contributed by atoms with Crippen LogP contribution in [0.2, 0.25) is 0 Å². The zero-order valence-corrected chi connectivity index (χ0v) is 23.3. The topological polar surface area (TPSA) is 115 Å². The van der Waals surface area contributed by atoms with E-state index in [9.17, 15) is 14.7 Å². The smallest absolute Gasteiger partial charge is 0.308 e. The van der Waals surface area contributed by atoms with E-state index in [-0.39, 0.29) is 31.2 Å². The second-order valence-corrected chi connectivity index (χ2v) is 11.0. The Balaban J connectivity index is 1.41. The van der Waals surface area contributed by atoms with Crippen molar-refractivity contribution in [3.63, 3.8) is 0 Å². The van der Waals surface area contributed by atoms with Crippen molar-refractivity contribution >= 4 is 11.9 Å². The number of fused-ring (bicyclic) bond motifs is 2. The maximum atomic E-state index is 13.6. The number of carbonyl (C=O) groups is 2. The van der Waals surface area contributed by atoms with Crippen LogP contribution >= 0.6 is 0 Å². The number of nitrogens with zero attached hydrogens (tertiary/aromatic N) is 2. The van der Waals surface area contributed by atoms with Gasteiger partial charge in [-0.1, -0.05) is 37.6 Å². The lowest BCUT2D eigenvalue weighted by molar-refractivity contribution is -0.143. The van der Waals surface area contributed by atoms with E-state index in [2.05, 4.69) is 17.9 Å². The van der Waals surface area contributed by atoms with Crippen molar-refractivity contribution in [2.24, 2.45) is 11.7 Å². The van der Waals surface area contributed by atoms with Crippen LogP contribution in [0.25, 0.3) is 0 Å². The lowest BCUT2D eigenvalue weighted by Crippen LogP contribution is -2.45. The lowest BCUT2D eigenvalue weighted by Gasteiger charge is -2.30. The number of nitrogens with two attached hydrogens (primary N) is 1. The van der Waals surface area contributed by atoms with Crippen LogP contribution in [0.1, 0.15) is 55.2 Å². The first-order valence-corrected chi connectivity index (χ1v) is 14.6. The molecule has 3 unspecified atom stereocenters. The second-order valence-electron chi connectivity index (χ2n) is 11.0. The number of aryl methyl sites for hydroxylation is 1. The molecule has 1 fully saturated rings. The lowest BCUT2D eigenvalue weighted by atomic mass is 9.83. The number of benzene rings is 2. The highest BCUT2D eigenvalue weighted by Gasteiger charge is 2.47. The largest absolute Gasteiger partial charge is 0.493 e. The Morgan fingerprint density at radius 3 is 2.75 bits per heavy atom. The van der Waals surface area contributed by atoms with Crippen molar-refractivity contribution in [3.05, 3.63) is 53.1 Å². The molecule has 3 heterocycles. The quantitative estimate of drug-likeness (QED) is 0.389. The van der Waals surface area contributed by atoms with Gasteiger partial charge >= 0.3 is 5.97 Å². The summed E-state index contributed by atoms with van der Waals surface area (Å²) in [4.78, 5) is 30.5. The average molecular weight is 552 g/mol. The van der Waals surface area contributed by atoms with Crippen molar-refractivity contribution in [2.45, 2.75) is 57.4 Å². The summed E-state index contributed by atoms with van der Waals surface area (Å²) >= 11 is 0. The number of para-hydroxylation sites is 1. The van der Waals surface area contributed by atoms with E-state index in [0.717, 1.165) is 59.6 Å². The van der Waals surface area contributed by atoms with E-state index in [0.29, 0.717) is 45.6 Å². The molecule has 0 radical (unpaired) electrons. The Bertz CT molecular complexity index is 1200. The molecule has 3 aliphatic heterocycles. The fourth-order valence-corrected chi connectivity index (χ4v) is 6.38. The normalized spacial score (nSPS) is 21.3. The SMILES string of the molecule is CCCCN(CCCN)C(=O)CN1CC(c2ccc3c(c2)CCO3)C(C(=O)O)C1CCc1cccc2c1OCO2. The van der Waals surface area contributed by atoms with Gasteiger partial charge in [0.2, 0.25) is 12.7 Å². The van der Waals surface area contributed by atoms with E-state index in [1.807, 2.05) is 35.2 Å². The minimum Gasteiger partial charge on any atom is -0.493 e. The number of carboxylic acids is 1. The van der Waals surface area contributed by atoms with Crippen LogP contribution in [-0.2, 0) is 22.4 Å². The standard InChI is InChI=1S/C31H41N3O6/c1-2-3-14-33(15-5-13-32)28(35)19-34-18-24(22-9-11-26-23(17-22)12-16-38-26)29(31(36)37)25(34)10-8-21-6-4-7-27-30(21)40-20-39-27/h4,6-7,9,11,17,24-25,29H,2-3,5,8,10,12-16,18-20,32H2,1H3,(H,36,37). The molecule has 3 atom stereocenters. The predicted octanol–water partition coefficient (Wildman–Crippen LogP) is 3.43. The maximum absolute atomic E-state index is 13.6. The van der Waals surface area contributed by atoms with Crippen LogP contribution < -0.4 is 19.9 Å². The summed E-state index contributed by atoms with van der Waals surface area (Å²) in [6, 6.07) is 11.6. The second kappa shape index (κ2) is 12.9. The van der Waals surface area contributed by atoms with Crippen molar-refractivity contribution in [1.29, 1.82) is 0 Å². The number of unbranched alkanes of at least 4 members (excludes halogenated alkanes) is 1. The first-order chi connectivity index (χ1) is 19.5. The van der Waals surface area contributed by atoms with E-state index in [4.69, 9.17) is 19.9 Å². The molecule has 0 saturated carbocycles. The van der Waals surface area contributed by atoms with Gasteiger partial charge in [-0.05, 0) is 61.1 Å². The fraction of sp³-hybridized carbons (Fsp3) is 0.548. The van der Waals surface area contributed by atoms with Gasteiger partial charge in [-0.2, -0.15) is 0 Å². The Labute approximate surface area is 236 Å². The van der Waals surface area contributed by atoms with Gasteiger partial charge in [-0.25, -0.2) is 0 Å². The third-order valence-electron chi connectivity index (χ3n) is 8.47. The first-order valence-electron chi connectivity index (χ1n) is 14.6. The molecular formula is C31H41N3O6. The fourth-order valence-electron chi connectivity index (χ4n) is 6.38. The highest BCUT2D eigenvalue weighted by Crippen LogP contribution is 2.42. The molecule has 0 bridgehead atoms. The molecule has 2 aromatic rings. The molecule has 9 heteroatoms. The summed E-state index contributed by atoms with van der Waals surface area (Å²) in [5.74, 6) is 0.671. The molecule has 3 aliphatic rings. The zero-order valence-electron chi connectivity index (χ0n) is 23.3. The Morgan fingerprint density at radius 1 is 1.10 bits per heavy atom. The molecule has 2 aromatic carbocycles. The molecule has 216 valence electrons. The summed E-state index contributed by atoms with van der Waals surface area (Å²) < 4.78 is 17.0. The van der Waals surface area contributed by atoms with Gasteiger partial charge in [-0.3, -0.25) is 14.5 Å². The highest BCUT2D eigenvalue weighted by atomic mass is 16.7. The number of carboxylic acid groups (broad SMARTS) is 1. The van der Waals surface area contributed by atoms with Crippen LogP contribution in [0.5, 0.6) is 17.2 Å². The Hall–Kier alpha value is -3.30. The van der Waals surface area contributed by atoms with Crippen LogP contribution in [0.15, 0.2) is 36.4 Å². The molecule has 0 spiro atoms. The van der Waals surface area contributed by atoms with Gasteiger partial charge in [-0.15, -0.1) is 0 Å². The maximum Gasteiger partial charge on any atom is 0.308 e. The van der Waals surface area contributed by atoms with Gasteiger partial charge in [0.1, 0.15) is 5.75 Å². The van der Waals surface area contributed by atoms with Crippen LogP contribution in [0.3, 0.4) is 0 Å². The van der Waals surface area contributed by atoms with Gasteiger partial charge in [0.25, 0.3) is 0 Å². The molecule has 5 rings (SSSR count). The van der Waals surface area contributed by atoms with Crippen molar-refractivity contribution in [3.8, 4) is 17.2 Å². The summed E-state index contributed by atoms with van der Waals surface area (Å²) in [5.41, 5.74) is 8.87. The number of aliphatic carboxylic acids is 1. The minimum atomic E-state index is -0.828. The van der Waals surface area contributed by atoms with Crippen LogP contribution in [0.4, 0.5) is 0 Å². The zero-order chi connectivity index (χ0) is 28.1. The summed E-state index contributed by atoms with van der Waals surface area (Å²) in [5, 5.41) is 10.5. The molecule has 0 aromatic heterocycles. The van der Waals surface area contributed by atoms with Crippen LogP contribution in [-0.4, -0.2) is 78.9 Å². The first kappa shape index (κ1) is 28.2. The van der Waals surface area contributed by atoms with Crippen molar-refractivity contribution in [2.75, 3.05) is 46.1 Å². The van der Waals surface area contributed by atoms with E-state index >= 15 is 0 Å². The third-order valence-corrected chi connectivity index (χ3v) is 8.47. The predicted molar refractivity (Wildman–Crippen MR) is 151 cm³/mol. The van der Waals surface area contributed by atoms with E-state index in [1.54, 1.807) is 0 Å². The van der Waals surface area contributed by atoms with Gasteiger partial charge < -0.3 is 30.0 Å². The highest BCUT2D eigenvalue weighted by molar-refractivity contribution is 5.79. The van der Waals surface area contributed by atoms with Gasteiger partial charge in [0, 0.05) is 38.0 Å².